The number of aryl methyl sites for hydroxylation is 2. The highest BCUT2D eigenvalue weighted by molar-refractivity contribution is 5.30. The topological polar surface area (TPSA) is 86.7 Å². The minimum Gasteiger partial charge on any atom is -0.297 e. The summed E-state index contributed by atoms with van der Waals surface area (Å²) in [5.74, 6) is 1.07. The van der Waals surface area contributed by atoms with Gasteiger partial charge in [-0.05, 0) is 62.7 Å². The van der Waals surface area contributed by atoms with Gasteiger partial charge in [-0.1, -0.05) is 0 Å². The lowest BCUT2D eigenvalue weighted by atomic mass is 9.96. The van der Waals surface area contributed by atoms with E-state index in [9.17, 15) is 4.79 Å². The maximum atomic E-state index is 12.3. The SMILES string of the molecule is Cn1nc2c(c1CN1CCC(Cn3nc(-n4cncn4)ccc3=O)CC1)CCC2. The third-order valence-electron chi connectivity index (χ3n) is 6.22. The van der Waals surface area contributed by atoms with Gasteiger partial charge in [0.2, 0.25) is 0 Å². The van der Waals surface area contributed by atoms with Crippen LogP contribution < -0.4 is 5.56 Å². The van der Waals surface area contributed by atoms with Gasteiger partial charge < -0.3 is 0 Å². The molecule has 0 atom stereocenters. The van der Waals surface area contributed by atoms with E-state index < -0.39 is 0 Å². The first-order valence-corrected chi connectivity index (χ1v) is 10.4. The molecule has 4 heterocycles. The van der Waals surface area contributed by atoms with Crippen molar-refractivity contribution in [2.45, 2.75) is 45.2 Å². The van der Waals surface area contributed by atoms with Crippen molar-refractivity contribution in [3.63, 3.8) is 0 Å². The highest BCUT2D eigenvalue weighted by atomic mass is 16.1. The maximum absolute atomic E-state index is 12.3. The minimum absolute atomic E-state index is 0.0678. The van der Waals surface area contributed by atoms with E-state index in [2.05, 4.69) is 31.8 Å². The standard InChI is InChI=1S/C20H26N8O/c1-25-18(16-3-2-4-17(16)23-25)12-26-9-7-15(8-10-26)11-27-20(29)6-5-19(24-27)28-14-21-13-22-28/h5-6,13-15H,2-4,7-12H2,1H3. The summed E-state index contributed by atoms with van der Waals surface area (Å²) in [6.45, 7) is 3.71. The molecular formula is C20H26N8O. The molecule has 5 rings (SSSR count). The fourth-order valence-corrected chi connectivity index (χ4v) is 4.58. The molecular weight excluding hydrogens is 368 g/mol. The van der Waals surface area contributed by atoms with Crippen LogP contribution in [0.25, 0.3) is 5.82 Å². The molecule has 9 heteroatoms. The Balaban J connectivity index is 1.22. The Morgan fingerprint density at radius 1 is 1.14 bits per heavy atom. The highest BCUT2D eigenvalue weighted by Gasteiger charge is 2.25. The molecule has 1 fully saturated rings. The smallest absolute Gasteiger partial charge is 0.266 e. The van der Waals surface area contributed by atoms with Gasteiger partial charge in [-0.2, -0.15) is 10.2 Å². The first kappa shape index (κ1) is 18.2. The zero-order valence-electron chi connectivity index (χ0n) is 16.7. The van der Waals surface area contributed by atoms with Crippen molar-refractivity contribution >= 4 is 0 Å². The second-order valence-electron chi connectivity index (χ2n) is 8.12. The summed E-state index contributed by atoms with van der Waals surface area (Å²) in [6, 6.07) is 3.24. The quantitative estimate of drug-likeness (QED) is 0.641. The van der Waals surface area contributed by atoms with Crippen LogP contribution >= 0.6 is 0 Å². The average molecular weight is 394 g/mol. The molecule has 0 spiro atoms. The van der Waals surface area contributed by atoms with E-state index in [0.717, 1.165) is 38.9 Å². The van der Waals surface area contributed by atoms with Crippen molar-refractivity contribution in [3.8, 4) is 5.82 Å². The number of fused-ring (bicyclic) bond motifs is 1. The predicted molar refractivity (Wildman–Crippen MR) is 107 cm³/mol. The van der Waals surface area contributed by atoms with Crippen molar-refractivity contribution in [3.05, 3.63) is 52.1 Å². The monoisotopic (exact) mass is 394 g/mol. The second-order valence-corrected chi connectivity index (χ2v) is 8.12. The van der Waals surface area contributed by atoms with Gasteiger partial charge in [0.1, 0.15) is 12.7 Å². The summed E-state index contributed by atoms with van der Waals surface area (Å²) in [5.41, 5.74) is 4.10. The molecule has 3 aromatic rings. The molecule has 0 N–H and O–H groups in total. The Labute approximate surface area is 169 Å². The second kappa shape index (κ2) is 7.55. The summed E-state index contributed by atoms with van der Waals surface area (Å²) in [6.07, 6.45) is 8.73. The van der Waals surface area contributed by atoms with Gasteiger partial charge in [-0.3, -0.25) is 14.4 Å². The number of piperidine rings is 1. The molecule has 0 amide bonds. The average Bonchev–Trinajstić information content (AvgIpc) is 3.45. The van der Waals surface area contributed by atoms with Crippen LogP contribution in [-0.2, 0) is 33.0 Å². The number of rotatable bonds is 5. The van der Waals surface area contributed by atoms with Crippen molar-refractivity contribution in [2.24, 2.45) is 13.0 Å². The van der Waals surface area contributed by atoms with Crippen molar-refractivity contribution in [2.75, 3.05) is 13.1 Å². The predicted octanol–water partition coefficient (Wildman–Crippen LogP) is 0.958. The highest BCUT2D eigenvalue weighted by Crippen LogP contribution is 2.27. The van der Waals surface area contributed by atoms with Crippen molar-refractivity contribution in [1.82, 2.24) is 39.2 Å². The number of nitrogens with zero attached hydrogens (tertiary/aromatic N) is 8. The van der Waals surface area contributed by atoms with Gasteiger partial charge >= 0.3 is 0 Å². The summed E-state index contributed by atoms with van der Waals surface area (Å²) < 4.78 is 5.23. The molecule has 0 aromatic carbocycles. The first-order valence-electron chi connectivity index (χ1n) is 10.4. The number of likely N-dealkylation sites (tertiary alicyclic amines) is 1. The zero-order chi connectivity index (χ0) is 19.8. The molecule has 29 heavy (non-hydrogen) atoms. The maximum Gasteiger partial charge on any atom is 0.266 e. The molecule has 9 nitrogen and oxygen atoms in total. The fourth-order valence-electron chi connectivity index (χ4n) is 4.58. The summed E-state index contributed by atoms with van der Waals surface area (Å²) in [7, 11) is 2.07. The van der Waals surface area contributed by atoms with Crippen LogP contribution in [0.15, 0.2) is 29.6 Å². The van der Waals surface area contributed by atoms with E-state index in [1.165, 1.54) is 36.1 Å². The Hall–Kier alpha value is -2.81. The Bertz CT molecular complexity index is 1040. The van der Waals surface area contributed by atoms with Gasteiger partial charge in [0.25, 0.3) is 5.56 Å². The van der Waals surface area contributed by atoms with Crippen molar-refractivity contribution < 1.29 is 0 Å². The lowest BCUT2D eigenvalue weighted by Crippen LogP contribution is -2.37. The molecule has 0 radical (unpaired) electrons. The van der Waals surface area contributed by atoms with E-state index >= 15 is 0 Å². The third-order valence-corrected chi connectivity index (χ3v) is 6.22. The molecule has 1 aliphatic heterocycles. The molecule has 0 saturated carbocycles. The molecule has 0 bridgehead atoms. The largest absolute Gasteiger partial charge is 0.297 e. The van der Waals surface area contributed by atoms with Crippen LogP contribution in [0.5, 0.6) is 0 Å². The third kappa shape index (κ3) is 3.62. The molecule has 0 unspecified atom stereocenters. The van der Waals surface area contributed by atoms with Crippen LogP contribution in [0.3, 0.4) is 0 Å². The summed E-state index contributed by atoms with van der Waals surface area (Å²) in [5, 5.41) is 13.3. The lowest BCUT2D eigenvalue weighted by Gasteiger charge is -2.32. The Morgan fingerprint density at radius 2 is 2.00 bits per heavy atom. The molecule has 2 aliphatic rings. The van der Waals surface area contributed by atoms with Crippen LogP contribution in [0.2, 0.25) is 0 Å². The number of hydrogen-bond donors (Lipinski definition) is 0. The summed E-state index contributed by atoms with van der Waals surface area (Å²) >= 11 is 0. The van der Waals surface area contributed by atoms with E-state index in [1.807, 2.05) is 0 Å². The van der Waals surface area contributed by atoms with Crippen LogP contribution in [0.1, 0.15) is 36.2 Å². The fraction of sp³-hybridized carbons (Fsp3) is 0.550. The zero-order valence-corrected chi connectivity index (χ0v) is 16.7. The van der Waals surface area contributed by atoms with Gasteiger partial charge in [0.05, 0.1) is 11.4 Å². The molecule has 1 aliphatic carbocycles. The lowest BCUT2D eigenvalue weighted by molar-refractivity contribution is 0.160. The van der Waals surface area contributed by atoms with Crippen LogP contribution in [-0.4, -0.2) is 52.3 Å². The summed E-state index contributed by atoms with van der Waals surface area (Å²) in [4.78, 5) is 18.7. The van der Waals surface area contributed by atoms with Crippen LogP contribution in [0, 0.1) is 5.92 Å². The first-order chi connectivity index (χ1) is 14.2. The van der Waals surface area contributed by atoms with Gasteiger partial charge in [-0.15, -0.1) is 5.10 Å². The normalized spacial score (nSPS) is 17.7. The number of aromatic nitrogens is 7. The van der Waals surface area contributed by atoms with Gasteiger partial charge in [0, 0.05) is 26.2 Å². The Kier molecular flexibility index (Phi) is 4.75. The van der Waals surface area contributed by atoms with E-state index in [-0.39, 0.29) is 5.56 Å². The van der Waals surface area contributed by atoms with E-state index in [1.54, 1.807) is 27.8 Å². The van der Waals surface area contributed by atoms with Gasteiger partial charge in [0.15, 0.2) is 5.82 Å². The Morgan fingerprint density at radius 3 is 2.79 bits per heavy atom. The minimum atomic E-state index is -0.0678. The van der Waals surface area contributed by atoms with Gasteiger partial charge in [-0.25, -0.2) is 14.3 Å². The van der Waals surface area contributed by atoms with E-state index in [4.69, 9.17) is 5.10 Å². The van der Waals surface area contributed by atoms with Crippen molar-refractivity contribution in [1.29, 1.82) is 0 Å². The van der Waals surface area contributed by atoms with Crippen LogP contribution in [0.4, 0.5) is 0 Å². The molecule has 3 aromatic heterocycles. The molecule has 152 valence electrons. The van der Waals surface area contributed by atoms with E-state index in [0.29, 0.717) is 18.3 Å². The molecule has 1 saturated heterocycles. The number of hydrogen-bond acceptors (Lipinski definition) is 6.